The van der Waals surface area contributed by atoms with Gasteiger partial charge < -0.3 is 5.11 Å². The lowest BCUT2D eigenvalue weighted by molar-refractivity contribution is -0.385. The predicted molar refractivity (Wildman–Crippen MR) is 78.4 cm³/mol. The van der Waals surface area contributed by atoms with E-state index < -0.39 is 16.8 Å². The number of rotatable bonds is 5. The van der Waals surface area contributed by atoms with Gasteiger partial charge in [-0.2, -0.15) is 0 Å². The van der Waals surface area contributed by atoms with Gasteiger partial charge >= 0.3 is 5.97 Å². The molecule has 0 aromatic heterocycles. The van der Waals surface area contributed by atoms with Crippen molar-refractivity contribution in [2.75, 3.05) is 0 Å². The molecule has 108 valence electrons. The highest BCUT2D eigenvalue weighted by atomic mass is 16.6. The highest BCUT2D eigenvalue weighted by molar-refractivity contribution is 5.79. The number of hydrogen-bond donors (Lipinski definition) is 1. The molecule has 0 bridgehead atoms. The van der Waals surface area contributed by atoms with Crippen LogP contribution < -0.4 is 0 Å². The first-order valence-electron chi connectivity index (χ1n) is 6.51. The number of benzene rings is 2. The second-order valence-electron chi connectivity index (χ2n) is 4.85. The summed E-state index contributed by atoms with van der Waals surface area (Å²) in [7, 11) is 0. The van der Waals surface area contributed by atoms with Gasteiger partial charge in [-0.3, -0.25) is 14.9 Å². The zero-order chi connectivity index (χ0) is 15.4. The summed E-state index contributed by atoms with van der Waals surface area (Å²) >= 11 is 0. The van der Waals surface area contributed by atoms with Gasteiger partial charge in [-0.1, -0.05) is 42.5 Å². The van der Waals surface area contributed by atoms with Gasteiger partial charge in [0.1, 0.15) is 0 Å². The van der Waals surface area contributed by atoms with Crippen LogP contribution in [0, 0.1) is 17.0 Å². The maximum Gasteiger partial charge on any atom is 0.311 e. The van der Waals surface area contributed by atoms with E-state index in [1.54, 1.807) is 19.1 Å². The average molecular weight is 285 g/mol. The summed E-state index contributed by atoms with van der Waals surface area (Å²) in [5, 5.41) is 20.7. The number of carboxylic acids is 1. The fourth-order valence-electron chi connectivity index (χ4n) is 2.44. The van der Waals surface area contributed by atoms with Gasteiger partial charge in [-0.15, -0.1) is 0 Å². The molecule has 0 aliphatic heterocycles. The minimum Gasteiger partial charge on any atom is -0.481 e. The van der Waals surface area contributed by atoms with Crippen molar-refractivity contribution in [2.45, 2.75) is 19.3 Å². The van der Waals surface area contributed by atoms with Crippen LogP contribution in [0.4, 0.5) is 5.69 Å². The molecular formula is C16H15NO4. The molecule has 5 nitrogen and oxygen atoms in total. The van der Waals surface area contributed by atoms with Crippen LogP contribution in [0.2, 0.25) is 0 Å². The average Bonchev–Trinajstić information content (AvgIpc) is 2.45. The van der Waals surface area contributed by atoms with Crippen LogP contribution >= 0.6 is 0 Å². The maximum absolute atomic E-state index is 11.6. The normalized spacial score (nSPS) is 11.9. The number of carboxylic acid groups (broad SMARTS) is 1. The molecule has 2 rings (SSSR count). The second-order valence-corrected chi connectivity index (χ2v) is 4.85. The lowest BCUT2D eigenvalue weighted by Crippen LogP contribution is -2.17. The molecule has 21 heavy (non-hydrogen) atoms. The number of nitrogens with zero attached hydrogens (tertiary/aromatic N) is 1. The predicted octanol–water partition coefficient (Wildman–Crippen LogP) is 3.31. The summed E-state index contributed by atoms with van der Waals surface area (Å²) in [4.78, 5) is 22.3. The minimum absolute atomic E-state index is 0.140. The zero-order valence-corrected chi connectivity index (χ0v) is 11.5. The smallest absolute Gasteiger partial charge is 0.311 e. The van der Waals surface area contributed by atoms with Crippen molar-refractivity contribution >= 4 is 11.7 Å². The van der Waals surface area contributed by atoms with E-state index in [1.165, 1.54) is 6.07 Å². The van der Waals surface area contributed by atoms with Crippen LogP contribution in [0.25, 0.3) is 0 Å². The fraction of sp³-hybridized carbons (Fsp3) is 0.188. The van der Waals surface area contributed by atoms with Gasteiger partial charge in [-0.25, -0.2) is 0 Å². The Balaban J connectivity index is 2.49. The van der Waals surface area contributed by atoms with Crippen LogP contribution in [-0.4, -0.2) is 16.0 Å². The molecule has 1 N–H and O–H groups in total. The Kier molecular flexibility index (Phi) is 4.33. The molecule has 0 spiro atoms. The summed E-state index contributed by atoms with van der Waals surface area (Å²) in [6.07, 6.45) is 0.224. The molecule has 2 aromatic carbocycles. The van der Waals surface area contributed by atoms with Gasteiger partial charge in [0.05, 0.1) is 10.8 Å². The molecule has 0 saturated heterocycles. The second kappa shape index (κ2) is 6.17. The fourth-order valence-corrected chi connectivity index (χ4v) is 2.44. The summed E-state index contributed by atoms with van der Waals surface area (Å²) in [5.74, 6) is -2.00. The molecule has 1 atom stereocenters. The van der Waals surface area contributed by atoms with Gasteiger partial charge in [-0.05, 0) is 24.5 Å². The molecule has 0 aliphatic carbocycles. The first kappa shape index (κ1) is 14.7. The summed E-state index contributed by atoms with van der Waals surface area (Å²) in [6, 6.07) is 13.7. The molecule has 0 saturated carbocycles. The third kappa shape index (κ3) is 3.25. The number of nitro benzene ring substituents is 1. The van der Waals surface area contributed by atoms with E-state index in [0.717, 1.165) is 5.56 Å². The number of nitro groups is 1. The lowest BCUT2D eigenvalue weighted by Gasteiger charge is -2.15. The number of carbonyl (C=O) groups is 1. The third-order valence-electron chi connectivity index (χ3n) is 3.43. The molecular weight excluding hydrogens is 270 g/mol. The molecule has 0 aliphatic rings. The largest absolute Gasteiger partial charge is 0.481 e. The number of aliphatic carboxylic acids is 1. The molecule has 0 heterocycles. The summed E-state index contributed by atoms with van der Waals surface area (Å²) in [6.45, 7) is 1.70. The van der Waals surface area contributed by atoms with Crippen LogP contribution in [0.5, 0.6) is 0 Å². The van der Waals surface area contributed by atoms with Crippen LogP contribution in [0.15, 0.2) is 48.5 Å². The van der Waals surface area contributed by atoms with E-state index in [9.17, 15) is 20.0 Å². The van der Waals surface area contributed by atoms with Crippen LogP contribution in [-0.2, 0) is 11.2 Å². The van der Waals surface area contributed by atoms with E-state index in [1.807, 2.05) is 30.3 Å². The van der Waals surface area contributed by atoms with Crippen molar-refractivity contribution in [1.29, 1.82) is 0 Å². The quantitative estimate of drug-likeness (QED) is 0.675. The van der Waals surface area contributed by atoms with Gasteiger partial charge in [0.15, 0.2) is 0 Å². The Morgan fingerprint density at radius 2 is 1.86 bits per heavy atom. The van der Waals surface area contributed by atoms with Gasteiger partial charge in [0, 0.05) is 11.6 Å². The molecule has 0 amide bonds. The van der Waals surface area contributed by atoms with Crippen LogP contribution in [0.3, 0.4) is 0 Å². The van der Waals surface area contributed by atoms with E-state index in [2.05, 4.69) is 0 Å². The third-order valence-corrected chi connectivity index (χ3v) is 3.43. The van der Waals surface area contributed by atoms with E-state index in [0.29, 0.717) is 5.56 Å². The maximum atomic E-state index is 11.6. The first-order chi connectivity index (χ1) is 10.0. The van der Waals surface area contributed by atoms with Crippen molar-refractivity contribution < 1.29 is 14.8 Å². The Labute approximate surface area is 122 Å². The van der Waals surface area contributed by atoms with Gasteiger partial charge in [0.2, 0.25) is 0 Å². The van der Waals surface area contributed by atoms with Crippen LogP contribution in [0.1, 0.15) is 22.6 Å². The minimum atomic E-state index is -1.06. The molecule has 1 unspecified atom stereocenters. The Hall–Kier alpha value is -2.69. The van der Waals surface area contributed by atoms with Crippen molar-refractivity contribution in [1.82, 2.24) is 0 Å². The molecule has 0 radical (unpaired) electrons. The molecule has 2 aromatic rings. The Morgan fingerprint density at radius 3 is 2.43 bits per heavy atom. The van der Waals surface area contributed by atoms with Crippen molar-refractivity contribution in [3.63, 3.8) is 0 Å². The van der Waals surface area contributed by atoms with Gasteiger partial charge in [0.25, 0.3) is 5.69 Å². The van der Waals surface area contributed by atoms with Crippen molar-refractivity contribution in [3.05, 3.63) is 75.3 Å². The van der Waals surface area contributed by atoms with E-state index >= 15 is 0 Å². The lowest BCUT2D eigenvalue weighted by atomic mass is 9.88. The monoisotopic (exact) mass is 285 g/mol. The van der Waals surface area contributed by atoms with E-state index in [4.69, 9.17) is 0 Å². The van der Waals surface area contributed by atoms with Crippen molar-refractivity contribution in [3.8, 4) is 0 Å². The SMILES string of the molecule is Cc1cccc([N+](=O)[O-])c1C(Cc1ccccc1)C(=O)O. The highest BCUT2D eigenvalue weighted by Crippen LogP contribution is 2.32. The van der Waals surface area contributed by atoms with Crippen molar-refractivity contribution in [2.24, 2.45) is 0 Å². The van der Waals surface area contributed by atoms with E-state index in [-0.39, 0.29) is 17.7 Å². The first-order valence-corrected chi connectivity index (χ1v) is 6.51. The Morgan fingerprint density at radius 1 is 1.19 bits per heavy atom. The number of hydrogen-bond acceptors (Lipinski definition) is 3. The highest BCUT2D eigenvalue weighted by Gasteiger charge is 2.29. The summed E-state index contributed by atoms with van der Waals surface area (Å²) in [5.41, 5.74) is 1.59. The summed E-state index contributed by atoms with van der Waals surface area (Å²) < 4.78 is 0. The Bertz CT molecular complexity index is 667. The topological polar surface area (TPSA) is 80.4 Å². The number of aryl methyl sites for hydroxylation is 1. The standard InChI is InChI=1S/C16H15NO4/c1-11-6-5-9-14(17(20)21)15(11)13(16(18)19)10-12-7-3-2-4-8-12/h2-9,13H,10H2,1H3,(H,18,19). The molecule has 5 heteroatoms. The zero-order valence-electron chi connectivity index (χ0n) is 11.5. The molecule has 0 fully saturated rings.